The molecule has 1 aromatic carbocycles. The number of ether oxygens (including phenoxy) is 4. The van der Waals surface area contributed by atoms with E-state index in [0.29, 0.717) is 21.5 Å². The van der Waals surface area contributed by atoms with E-state index in [1.165, 1.54) is 28.4 Å². The van der Waals surface area contributed by atoms with Crippen molar-refractivity contribution < 1.29 is 23.7 Å². The Morgan fingerprint density at radius 1 is 1.20 bits per heavy atom. The Kier molecular flexibility index (Phi) is 6.77. The summed E-state index contributed by atoms with van der Waals surface area (Å²) in [7, 11) is 6.00. The number of carbonyl (C=O) groups excluding carboxylic acids is 1. The van der Waals surface area contributed by atoms with Gasteiger partial charge in [-0.2, -0.15) is 0 Å². The molecular formula is C13H18BrNO5. The molecule has 0 atom stereocenters. The molecule has 7 heteroatoms. The lowest BCUT2D eigenvalue weighted by Gasteiger charge is -2.17. The SMILES string of the molecule is COc1ccc(Br)c(C(=O)NCC(OC)OC)c1OC. The van der Waals surface area contributed by atoms with E-state index in [0.717, 1.165) is 0 Å². The van der Waals surface area contributed by atoms with Crippen LogP contribution in [0.4, 0.5) is 0 Å². The summed E-state index contributed by atoms with van der Waals surface area (Å²) in [6.45, 7) is 0.221. The van der Waals surface area contributed by atoms with Crippen LogP contribution in [0.25, 0.3) is 0 Å². The lowest BCUT2D eigenvalue weighted by molar-refractivity contribution is -0.0974. The first-order valence-corrected chi connectivity index (χ1v) is 6.62. The second-order valence-corrected chi connectivity index (χ2v) is 4.62. The number of hydrogen-bond acceptors (Lipinski definition) is 5. The quantitative estimate of drug-likeness (QED) is 0.762. The van der Waals surface area contributed by atoms with Crippen LogP contribution in [-0.2, 0) is 9.47 Å². The van der Waals surface area contributed by atoms with Crippen LogP contribution < -0.4 is 14.8 Å². The smallest absolute Gasteiger partial charge is 0.256 e. The van der Waals surface area contributed by atoms with Crippen LogP contribution in [0.5, 0.6) is 11.5 Å². The van der Waals surface area contributed by atoms with Gasteiger partial charge in [-0.05, 0) is 28.1 Å². The van der Waals surface area contributed by atoms with Gasteiger partial charge in [-0.1, -0.05) is 0 Å². The van der Waals surface area contributed by atoms with Crippen molar-refractivity contribution in [3.63, 3.8) is 0 Å². The van der Waals surface area contributed by atoms with E-state index in [2.05, 4.69) is 21.2 Å². The lowest BCUT2D eigenvalue weighted by Crippen LogP contribution is -2.34. The highest BCUT2D eigenvalue weighted by atomic mass is 79.9. The van der Waals surface area contributed by atoms with Gasteiger partial charge in [0.05, 0.1) is 26.3 Å². The molecule has 0 aliphatic carbocycles. The van der Waals surface area contributed by atoms with Gasteiger partial charge < -0.3 is 24.3 Å². The van der Waals surface area contributed by atoms with Gasteiger partial charge >= 0.3 is 0 Å². The first-order chi connectivity index (χ1) is 9.58. The van der Waals surface area contributed by atoms with Crippen molar-refractivity contribution in [2.24, 2.45) is 0 Å². The molecule has 0 aromatic heterocycles. The molecule has 112 valence electrons. The molecular weight excluding hydrogens is 330 g/mol. The van der Waals surface area contributed by atoms with E-state index in [-0.39, 0.29) is 12.5 Å². The molecule has 0 fully saturated rings. The van der Waals surface area contributed by atoms with Gasteiger partial charge in [0.1, 0.15) is 0 Å². The Hall–Kier alpha value is -1.31. The molecule has 1 aromatic rings. The Morgan fingerprint density at radius 3 is 2.35 bits per heavy atom. The second-order valence-electron chi connectivity index (χ2n) is 3.77. The number of amides is 1. The molecule has 0 radical (unpaired) electrons. The summed E-state index contributed by atoms with van der Waals surface area (Å²) >= 11 is 3.33. The largest absolute Gasteiger partial charge is 0.493 e. The second kappa shape index (κ2) is 8.08. The van der Waals surface area contributed by atoms with Crippen LogP contribution in [0.2, 0.25) is 0 Å². The van der Waals surface area contributed by atoms with Crippen LogP contribution >= 0.6 is 15.9 Å². The predicted molar refractivity (Wildman–Crippen MR) is 77.4 cm³/mol. The molecule has 6 nitrogen and oxygen atoms in total. The Balaban J connectivity index is 2.97. The number of hydrogen-bond donors (Lipinski definition) is 1. The van der Waals surface area contributed by atoms with E-state index in [4.69, 9.17) is 18.9 Å². The van der Waals surface area contributed by atoms with E-state index in [9.17, 15) is 4.79 Å². The first kappa shape index (κ1) is 16.7. The molecule has 1 amide bonds. The topological polar surface area (TPSA) is 66.0 Å². The van der Waals surface area contributed by atoms with Crippen molar-refractivity contribution in [3.05, 3.63) is 22.2 Å². The van der Waals surface area contributed by atoms with Gasteiger partial charge in [-0.25, -0.2) is 0 Å². The molecule has 20 heavy (non-hydrogen) atoms. The Bertz CT molecular complexity index is 462. The van der Waals surface area contributed by atoms with Gasteiger partial charge in [0, 0.05) is 18.7 Å². The average Bonchev–Trinajstić information content (AvgIpc) is 2.47. The number of carbonyl (C=O) groups is 1. The average molecular weight is 348 g/mol. The fraction of sp³-hybridized carbons (Fsp3) is 0.462. The molecule has 0 heterocycles. The van der Waals surface area contributed by atoms with Gasteiger partial charge in [0.15, 0.2) is 17.8 Å². The van der Waals surface area contributed by atoms with Crippen LogP contribution in [0.1, 0.15) is 10.4 Å². The van der Waals surface area contributed by atoms with E-state index in [1.807, 2.05) is 0 Å². The third-order valence-electron chi connectivity index (χ3n) is 2.68. The van der Waals surface area contributed by atoms with Crippen molar-refractivity contribution in [1.82, 2.24) is 5.32 Å². The zero-order valence-electron chi connectivity index (χ0n) is 11.9. The maximum absolute atomic E-state index is 12.3. The van der Waals surface area contributed by atoms with Gasteiger partial charge in [0.25, 0.3) is 5.91 Å². The fourth-order valence-electron chi connectivity index (χ4n) is 1.64. The number of methoxy groups -OCH3 is 4. The Morgan fingerprint density at radius 2 is 1.85 bits per heavy atom. The molecule has 0 unspecified atom stereocenters. The zero-order valence-corrected chi connectivity index (χ0v) is 13.4. The molecule has 0 aliphatic heterocycles. The summed E-state index contributed by atoms with van der Waals surface area (Å²) < 4.78 is 21.1. The summed E-state index contributed by atoms with van der Waals surface area (Å²) in [5.41, 5.74) is 0.359. The van der Waals surface area contributed by atoms with Gasteiger partial charge in [0.2, 0.25) is 0 Å². The van der Waals surface area contributed by atoms with Crippen molar-refractivity contribution in [1.29, 1.82) is 0 Å². The molecule has 1 rings (SSSR count). The number of rotatable bonds is 7. The summed E-state index contributed by atoms with van der Waals surface area (Å²) in [6, 6.07) is 3.44. The molecule has 0 saturated heterocycles. The minimum Gasteiger partial charge on any atom is -0.493 e. The maximum atomic E-state index is 12.3. The molecule has 0 aliphatic rings. The third kappa shape index (κ3) is 3.84. The summed E-state index contributed by atoms with van der Waals surface area (Å²) in [6.07, 6.45) is -0.505. The molecule has 0 saturated carbocycles. The van der Waals surface area contributed by atoms with Crippen molar-refractivity contribution in [2.45, 2.75) is 6.29 Å². The van der Waals surface area contributed by atoms with Crippen LogP contribution in [-0.4, -0.2) is 47.2 Å². The van der Waals surface area contributed by atoms with Crippen LogP contribution in [0.3, 0.4) is 0 Å². The van der Waals surface area contributed by atoms with Crippen molar-refractivity contribution in [2.75, 3.05) is 35.0 Å². The number of halogens is 1. The van der Waals surface area contributed by atoms with Crippen LogP contribution in [0.15, 0.2) is 16.6 Å². The van der Waals surface area contributed by atoms with Crippen LogP contribution in [0, 0.1) is 0 Å². The zero-order chi connectivity index (χ0) is 15.1. The highest BCUT2D eigenvalue weighted by Crippen LogP contribution is 2.35. The Labute approximate surface area is 126 Å². The van der Waals surface area contributed by atoms with E-state index >= 15 is 0 Å². The number of nitrogens with one attached hydrogen (secondary N) is 1. The van der Waals surface area contributed by atoms with Crippen molar-refractivity contribution in [3.8, 4) is 11.5 Å². The predicted octanol–water partition coefficient (Wildman–Crippen LogP) is 1.81. The summed E-state index contributed by atoms with van der Waals surface area (Å²) in [4.78, 5) is 12.3. The minimum atomic E-state index is -0.505. The van der Waals surface area contributed by atoms with Gasteiger partial charge in [-0.3, -0.25) is 4.79 Å². The molecule has 0 spiro atoms. The van der Waals surface area contributed by atoms with E-state index in [1.54, 1.807) is 12.1 Å². The summed E-state index contributed by atoms with van der Waals surface area (Å²) in [5, 5.41) is 2.71. The lowest BCUT2D eigenvalue weighted by atomic mass is 10.1. The van der Waals surface area contributed by atoms with Gasteiger partial charge in [-0.15, -0.1) is 0 Å². The minimum absolute atomic E-state index is 0.221. The number of benzene rings is 1. The highest BCUT2D eigenvalue weighted by molar-refractivity contribution is 9.10. The van der Waals surface area contributed by atoms with Crippen molar-refractivity contribution >= 4 is 21.8 Å². The fourth-order valence-corrected chi connectivity index (χ4v) is 2.13. The first-order valence-electron chi connectivity index (χ1n) is 5.83. The third-order valence-corrected chi connectivity index (χ3v) is 3.34. The molecule has 0 bridgehead atoms. The maximum Gasteiger partial charge on any atom is 0.256 e. The summed E-state index contributed by atoms with van der Waals surface area (Å²) in [5.74, 6) is 0.536. The molecule has 1 N–H and O–H groups in total. The normalized spacial score (nSPS) is 10.5. The monoisotopic (exact) mass is 347 g/mol. The van der Waals surface area contributed by atoms with E-state index < -0.39 is 6.29 Å². The highest BCUT2D eigenvalue weighted by Gasteiger charge is 2.21. The standard InChI is InChI=1S/C13H18BrNO5/c1-17-9-6-5-8(14)11(12(9)20-4)13(16)15-7-10(18-2)19-3/h5-6,10H,7H2,1-4H3,(H,15,16).